The molecule has 1 unspecified atom stereocenters. The molecule has 1 aromatic heterocycles. The minimum absolute atomic E-state index is 0.132. The van der Waals surface area contributed by atoms with E-state index in [0.29, 0.717) is 32.3 Å². The lowest BCUT2D eigenvalue weighted by Crippen LogP contribution is -2.48. The van der Waals surface area contributed by atoms with Crippen LogP contribution in [0.4, 0.5) is 5.69 Å². The zero-order valence-electron chi connectivity index (χ0n) is 20.8. The highest BCUT2D eigenvalue weighted by Crippen LogP contribution is 2.61. The molecular weight excluding hydrogens is 530 g/mol. The maximum Gasteiger partial charge on any atom is 0.195 e. The van der Waals surface area contributed by atoms with E-state index in [1.807, 2.05) is 64.9 Å². The molecule has 0 saturated carbocycles. The molecule has 7 heteroatoms. The summed E-state index contributed by atoms with van der Waals surface area (Å²) in [6.45, 7) is 0. The van der Waals surface area contributed by atoms with Crippen molar-refractivity contribution in [3.05, 3.63) is 122 Å². The topological polar surface area (TPSA) is 63.7 Å². The first kappa shape index (κ1) is 24.1. The second-order valence-corrected chi connectivity index (χ2v) is 11.4. The zero-order chi connectivity index (χ0) is 26.9. The second-order valence-electron chi connectivity index (χ2n) is 10.0. The number of thiophene rings is 1. The van der Waals surface area contributed by atoms with Crippen molar-refractivity contribution in [1.82, 2.24) is 0 Å². The monoisotopic (exact) mass is 551 g/mol. The lowest BCUT2D eigenvalue weighted by atomic mass is 9.64. The minimum Gasteiger partial charge on any atom is -0.497 e. The molecule has 3 aliphatic rings. The highest BCUT2D eigenvalue weighted by molar-refractivity contribution is 7.12. The number of nitrogens with zero attached hydrogens (tertiary/aromatic N) is 1. The number of fused-ring (bicyclic) bond motifs is 5. The largest absolute Gasteiger partial charge is 0.497 e. The number of hydrogen-bond donors (Lipinski definition) is 0. The quantitative estimate of drug-likeness (QED) is 0.208. The van der Waals surface area contributed by atoms with Gasteiger partial charge in [0.15, 0.2) is 17.3 Å². The van der Waals surface area contributed by atoms with Crippen LogP contribution in [0.2, 0.25) is 5.02 Å². The third-order valence-corrected chi connectivity index (χ3v) is 9.37. The maximum absolute atomic E-state index is 14.6. The molecule has 39 heavy (non-hydrogen) atoms. The number of rotatable bonds is 4. The number of Topliss-reactive ketones (excluding diaryl/α,β-unsaturated/α-hetero) is 3. The molecule has 1 aliphatic carbocycles. The van der Waals surface area contributed by atoms with Gasteiger partial charge in [-0.15, -0.1) is 11.3 Å². The minimum atomic E-state index is -1.54. The predicted molar refractivity (Wildman–Crippen MR) is 152 cm³/mol. The van der Waals surface area contributed by atoms with Crippen molar-refractivity contribution < 1.29 is 19.1 Å². The average molecular weight is 552 g/mol. The van der Waals surface area contributed by atoms with Crippen LogP contribution in [-0.2, 0) is 0 Å². The van der Waals surface area contributed by atoms with Crippen LogP contribution in [0.15, 0.2) is 90.3 Å². The molecule has 3 heterocycles. The van der Waals surface area contributed by atoms with Gasteiger partial charge in [0.05, 0.1) is 18.0 Å². The van der Waals surface area contributed by atoms with Crippen LogP contribution in [0.1, 0.15) is 47.4 Å². The van der Waals surface area contributed by atoms with Crippen molar-refractivity contribution >= 4 is 52.1 Å². The molecular formula is C32H22ClNO4S. The second kappa shape index (κ2) is 8.76. The summed E-state index contributed by atoms with van der Waals surface area (Å²) in [6.07, 6.45) is 3.81. The zero-order valence-corrected chi connectivity index (χ0v) is 22.4. The van der Waals surface area contributed by atoms with Gasteiger partial charge in [-0.05, 0) is 52.9 Å². The van der Waals surface area contributed by atoms with Crippen LogP contribution in [-0.4, -0.2) is 36.5 Å². The van der Waals surface area contributed by atoms with Gasteiger partial charge < -0.3 is 9.64 Å². The van der Waals surface area contributed by atoms with Crippen LogP contribution in [0, 0.1) is 5.41 Å². The van der Waals surface area contributed by atoms with E-state index in [9.17, 15) is 14.4 Å². The van der Waals surface area contributed by atoms with Gasteiger partial charge in [-0.1, -0.05) is 66.2 Å². The Bertz CT molecular complexity index is 1670. The van der Waals surface area contributed by atoms with Crippen LogP contribution < -0.4 is 9.64 Å². The van der Waals surface area contributed by atoms with E-state index >= 15 is 0 Å². The van der Waals surface area contributed by atoms with Gasteiger partial charge in [0.25, 0.3) is 0 Å². The fourth-order valence-electron chi connectivity index (χ4n) is 6.72. The third-order valence-electron chi connectivity index (χ3n) is 8.25. The van der Waals surface area contributed by atoms with Gasteiger partial charge in [-0.3, -0.25) is 14.4 Å². The van der Waals surface area contributed by atoms with Crippen molar-refractivity contribution in [3.8, 4) is 5.75 Å². The van der Waals surface area contributed by atoms with E-state index in [1.165, 1.54) is 11.3 Å². The van der Waals surface area contributed by atoms with Gasteiger partial charge in [0.2, 0.25) is 0 Å². The molecule has 0 bridgehead atoms. The predicted octanol–water partition coefficient (Wildman–Crippen LogP) is 6.73. The maximum atomic E-state index is 14.6. The molecule has 3 aromatic carbocycles. The van der Waals surface area contributed by atoms with E-state index in [2.05, 4.69) is 0 Å². The number of ketones is 3. The molecule has 5 nitrogen and oxygen atoms in total. The Hall–Kier alpha value is -4.00. The summed E-state index contributed by atoms with van der Waals surface area (Å²) in [5.74, 6) is -0.824. The summed E-state index contributed by atoms with van der Waals surface area (Å²) in [5.41, 5.74) is 1.56. The Morgan fingerprint density at radius 2 is 1.72 bits per heavy atom. The normalized spacial score (nSPS) is 22.1. The molecule has 0 radical (unpaired) electrons. The smallest absolute Gasteiger partial charge is 0.195 e. The Morgan fingerprint density at radius 1 is 0.949 bits per heavy atom. The van der Waals surface area contributed by atoms with Crippen LogP contribution in [0.25, 0.3) is 6.08 Å². The van der Waals surface area contributed by atoms with Gasteiger partial charge in [0, 0.05) is 27.8 Å². The molecule has 1 saturated heterocycles. The van der Waals surface area contributed by atoms with Crippen molar-refractivity contribution in [2.24, 2.45) is 5.41 Å². The number of hydrogen-bond acceptors (Lipinski definition) is 6. The molecule has 4 aromatic rings. The summed E-state index contributed by atoms with van der Waals surface area (Å²) in [5, 5.41) is 2.43. The SMILES string of the molecule is COc1cccc([C@@H]2[C@@H](C(=O)c3cccs3)N3c4ccc(Cl)cc4C=CC3C23C(=O)c2ccccc2C3=O)c1. The first-order valence-corrected chi connectivity index (χ1v) is 13.9. The van der Waals surface area contributed by atoms with E-state index in [4.69, 9.17) is 16.3 Å². The van der Waals surface area contributed by atoms with Crippen molar-refractivity contribution in [3.63, 3.8) is 0 Å². The fraction of sp³-hybridized carbons (Fsp3) is 0.156. The van der Waals surface area contributed by atoms with E-state index < -0.39 is 23.4 Å². The molecule has 2 aliphatic heterocycles. The lowest BCUT2D eigenvalue weighted by Gasteiger charge is -2.37. The molecule has 0 N–H and O–H groups in total. The van der Waals surface area contributed by atoms with Crippen LogP contribution >= 0.6 is 22.9 Å². The summed E-state index contributed by atoms with van der Waals surface area (Å²) < 4.78 is 5.54. The fourth-order valence-corrected chi connectivity index (χ4v) is 7.60. The Balaban J connectivity index is 1.56. The van der Waals surface area contributed by atoms with E-state index in [0.717, 1.165) is 11.3 Å². The van der Waals surface area contributed by atoms with Crippen molar-refractivity contribution in [1.29, 1.82) is 0 Å². The van der Waals surface area contributed by atoms with E-state index in [-0.39, 0.29) is 17.3 Å². The summed E-state index contributed by atoms with van der Waals surface area (Å²) in [6, 6.07) is 22.0. The first-order chi connectivity index (χ1) is 19.0. The summed E-state index contributed by atoms with van der Waals surface area (Å²) in [7, 11) is 1.57. The van der Waals surface area contributed by atoms with Gasteiger partial charge in [-0.25, -0.2) is 0 Å². The number of ether oxygens (including phenoxy) is 1. The van der Waals surface area contributed by atoms with Gasteiger partial charge >= 0.3 is 0 Å². The molecule has 0 amide bonds. The average Bonchev–Trinajstić information content (AvgIpc) is 3.66. The standard InChI is InChI=1S/C32H22ClNO4S/c1-38-21-7-4-6-19(17-21)27-28(29(35)25-10-5-15-39-25)34-24-13-12-20(33)16-18(24)11-14-26(34)32(27)30(36)22-8-2-3-9-23(22)31(32)37/h2-17,26-28H,1H3/t26?,27-,28+/m1/s1. The summed E-state index contributed by atoms with van der Waals surface area (Å²) >= 11 is 7.70. The molecule has 192 valence electrons. The highest BCUT2D eigenvalue weighted by atomic mass is 35.5. The first-order valence-electron chi connectivity index (χ1n) is 12.6. The van der Waals surface area contributed by atoms with Crippen LogP contribution in [0.3, 0.4) is 0 Å². The number of carbonyl (C=O) groups excluding carboxylic acids is 3. The number of carbonyl (C=O) groups is 3. The highest BCUT2D eigenvalue weighted by Gasteiger charge is 2.71. The molecule has 7 rings (SSSR count). The van der Waals surface area contributed by atoms with E-state index in [1.54, 1.807) is 43.5 Å². The third kappa shape index (κ3) is 3.22. The van der Waals surface area contributed by atoms with Crippen molar-refractivity contribution in [2.75, 3.05) is 12.0 Å². The molecule has 1 spiro atoms. The van der Waals surface area contributed by atoms with Crippen molar-refractivity contribution in [2.45, 2.75) is 18.0 Å². The number of methoxy groups -OCH3 is 1. The lowest BCUT2D eigenvalue weighted by molar-refractivity contribution is 0.0666. The summed E-state index contributed by atoms with van der Waals surface area (Å²) in [4.78, 5) is 46.2. The number of anilines is 1. The van der Waals surface area contributed by atoms with Gasteiger partial charge in [0.1, 0.15) is 17.2 Å². The Morgan fingerprint density at radius 3 is 2.41 bits per heavy atom. The molecule has 3 atom stereocenters. The number of halogens is 1. The van der Waals surface area contributed by atoms with Gasteiger partial charge in [-0.2, -0.15) is 0 Å². The molecule has 1 fully saturated rings. The van der Waals surface area contributed by atoms with Crippen LogP contribution in [0.5, 0.6) is 5.75 Å². The number of benzene rings is 3. The Labute approximate surface area is 234 Å². The Kier molecular flexibility index (Phi) is 5.41.